The van der Waals surface area contributed by atoms with Crippen molar-refractivity contribution in [3.05, 3.63) is 70.7 Å². The van der Waals surface area contributed by atoms with Crippen molar-refractivity contribution < 1.29 is 4.39 Å². The van der Waals surface area contributed by atoms with Gasteiger partial charge in [0, 0.05) is 15.9 Å². The minimum absolute atomic E-state index is 0.220. The first kappa shape index (κ1) is 14.3. The van der Waals surface area contributed by atoms with Crippen molar-refractivity contribution in [2.75, 3.05) is 0 Å². The van der Waals surface area contributed by atoms with Crippen LogP contribution >= 0.6 is 27.7 Å². The van der Waals surface area contributed by atoms with E-state index in [0.717, 1.165) is 15.3 Å². The Kier molecular flexibility index (Phi) is 4.36. The highest BCUT2D eigenvalue weighted by Crippen LogP contribution is 2.25. The molecule has 1 aromatic heterocycles. The van der Waals surface area contributed by atoms with Gasteiger partial charge in [0.05, 0.1) is 0 Å². The molecule has 0 fully saturated rings. The lowest BCUT2D eigenvalue weighted by Gasteiger charge is -2.06. The van der Waals surface area contributed by atoms with Crippen LogP contribution in [0.15, 0.2) is 64.5 Å². The first-order valence-electron chi connectivity index (χ1n) is 6.26. The van der Waals surface area contributed by atoms with E-state index in [-0.39, 0.29) is 5.82 Å². The maximum atomic E-state index is 13.8. The van der Waals surface area contributed by atoms with Gasteiger partial charge in [-0.05, 0) is 29.8 Å². The van der Waals surface area contributed by atoms with E-state index in [1.807, 2.05) is 41.0 Å². The third-order valence-corrected chi connectivity index (χ3v) is 4.41. The number of hydrogen-bond donors (Lipinski definition) is 0. The van der Waals surface area contributed by atoms with Crippen LogP contribution in [0.3, 0.4) is 0 Å². The average Bonchev–Trinajstić information content (AvgIpc) is 2.96. The van der Waals surface area contributed by atoms with Gasteiger partial charge in [0.2, 0.25) is 0 Å². The van der Waals surface area contributed by atoms with Crippen LogP contribution in [0, 0.1) is 5.82 Å². The topological polar surface area (TPSA) is 30.7 Å². The maximum Gasteiger partial charge on any atom is 0.195 e. The van der Waals surface area contributed by atoms with Crippen LogP contribution in [-0.2, 0) is 5.75 Å². The molecule has 0 bridgehead atoms. The molecule has 0 spiro atoms. The second kappa shape index (κ2) is 6.41. The molecule has 0 aliphatic carbocycles. The summed E-state index contributed by atoms with van der Waals surface area (Å²) >= 11 is 4.71. The highest BCUT2D eigenvalue weighted by atomic mass is 79.9. The lowest BCUT2D eigenvalue weighted by Crippen LogP contribution is -1.95. The molecule has 3 nitrogen and oxygen atoms in total. The zero-order chi connectivity index (χ0) is 14.7. The zero-order valence-corrected chi connectivity index (χ0v) is 13.3. The fraction of sp³-hybridized carbons (Fsp3) is 0.0667. The Morgan fingerprint density at radius 3 is 2.71 bits per heavy atom. The predicted molar refractivity (Wildman–Crippen MR) is 85.0 cm³/mol. The maximum absolute atomic E-state index is 13.8. The third-order valence-electron chi connectivity index (χ3n) is 2.92. The number of halogens is 2. The van der Waals surface area contributed by atoms with Gasteiger partial charge in [-0.25, -0.2) is 4.39 Å². The summed E-state index contributed by atoms with van der Waals surface area (Å²) in [6, 6.07) is 14.9. The highest BCUT2D eigenvalue weighted by molar-refractivity contribution is 9.10. The van der Waals surface area contributed by atoms with Crippen molar-refractivity contribution in [2.24, 2.45) is 0 Å². The number of benzene rings is 2. The second-order valence-corrected chi connectivity index (χ2v) is 6.20. The van der Waals surface area contributed by atoms with Crippen LogP contribution in [0.25, 0.3) is 5.69 Å². The molecular formula is C15H11BrFN3S. The normalized spacial score (nSPS) is 10.8. The molecular weight excluding hydrogens is 353 g/mol. The van der Waals surface area contributed by atoms with E-state index in [1.165, 1.54) is 17.8 Å². The van der Waals surface area contributed by atoms with Gasteiger partial charge in [-0.2, -0.15) is 0 Å². The quantitative estimate of drug-likeness (QED) is 0.641. The van der Waals surface area contributed by atoms with Crippen LogP contribution in [0.2, 0.25) is 0 Å². The molecule has 2 aromatic carbocycles. The van der Waals surface area contributed by atoms with E-state index in [2.05, 4.69) is 26.1 Å². The van der Waals surface area contributed by atoms with Gasteiger partial charge in [0.15, 0.2) is 5.16 Å². The van der Waals surface area contributed by atoms with Crippen LogP contribution in [0.5, 0.6) is 0 Å². The van der Waals surface area contributed by atoms with Crippen LogP contribution in [0.1, 0.15) is 5.56 Å². The molecule has 21 heavy (non-hydrogen) atoms. The van der Waals surface area contributed by atoms with Gasteiger partial charge in [0.1, 0.15) is 12.1 Å². The lowest BCUT2D eigenvalue weighted by atomic mass is 10.2. The first-order chi connectivity index (χ1) is 10.2. The van der Waals surface area contributed by atoms with E-state index in [0.29, 0.717) is 11.3 Å². The fourth-order valence-corrected chi connectivity index (χ4v) is 3.12. The molecule has 0 amide bonds. The molecule has 0 saturated carbocycles. The van der Waals surface area contributed by atoms with Crippen LogP contribution in [0.4, 0.5) is 4.39 Å². The van der Waals surface area contributed by atoms with Gasteiger partial charge in [-0.15, -0.1) is 10.2 Å². The fourth-order valence-electron chi connectivity index (χ4n) is 1.87. The standard InChI is InChI=1S/C15H11BrFN3S/c16-12-7-6-11(14(17)8-12)9-21-15-19-18-10-20(15)13-4-2-1-3-5-13/h1-8,10H,9H2. The van der Waals surface area contributed by atoms with E-state index in [9.17, 15) is 4.39 Å². The van der Waals surface area contributed by atoms with Gasteiger partial charge in [-0.1, -0.05) is 52.0 Å². The Morgan fingerprint density at radius 1 is 1.14 bits per heavy atom. The summed E-state index contributed by atoms with van der Waals surface area (Å²) < 4.78 is 16.4. The Balaban J connectivity index is 1.79. The van der Waals surface area contributed by atoms with Gasteiger partial charge in [-0.3, -0.25) is 4.57 Å². The monoisotopic (exact) mass is 363 g/mol. The molecule has 0 aliphatic heterocycles. The molecule has 0 radical (unpaired) electrons. The molecule has 6 heteroatoms. The zero-order valence-electron chi connectivity index (χ0n) is 10.9. The van der Waals surface area contributed by atoms with Gasteiger partial charge >= 0.3 is 0 Å². The number of thioether (sulfide) groups is 1. The van der Waals surface area contributed by atoms with Crippen LogP contribution in [-0.4, -0.2) is 14.8 Å². The van der Waals surface area contributed by atoms with E-state index < -0.39 is 0 Å². The summed E-state index contributed by atoms with van der Waals surface area (Å²) in [5.74, 6) is 0.285. The van der Waals surface area contributed by atoms with E-state index in [4.69, 9.17) is 0 Å². The molecule has 1 heterocycles. The van der Waals surface area contributed by atoms with Gasteiger partial charge in [0.25, 0.3) is 0 Å². The SMILES string of the molecule is Fc1cc(Br)ccc1CSc1nncn1-c1ccccc1. The summed E-state index contributed by atoms with van der Waals surface area (Å²) in [6.07, 6.45) is 1.66. The second-order valence-electron chi connectivity index (χ2n) is 4.34. The third kappa shape index (κ3) is 3.33. The first-order valence-corrected chi connectivity index (χ1v) is 8.04. The average molecular weight is 364 g/mol. The molecule has 0 atom stereocenters. The molecule has 3 rings (SSSR count). The summed E-state index contributed by atoms with van der Waals surface area (Å²) in [6.45, 7) is 0. The van der Waals surface area contributed by atoms with Crippen molar-refractivity contribution in [2.45, 2.75) is 10.9 Å². The smallest absolute Gasteiger partial charge is 0.195 e. The summed E-state index contributed by atoms with van der Waals surface area (Å²) in [5, 5.41) is 8.78. The molecule has 3 aromatic rings. The van der Waals surface area contributed by atoms with Crippen molar-refractivity contribution >= 4 is 27.7 Å². The number of rotatable bonds is 4. The summed E-state index contributed by atoms with van der Waals surface area (Å²) in [5.41, 5.74) is 1.63. The van der Waals surface area contributed by atoms with E-state index >= 15 is 0 Å². The number of hydrogen-bond acceptors (Lipinski definition) is 3. The Bertz CT molecular complexity index is 746. The summed E-state index contributed by atoms with van der Waals surface area (Å²) in [7, 11) is 0. The lowest BCUT2D eigenvalue weighted by molar-refractivity contribution is 0.616. The molecule has 0 saturated heterocycles. The largest absolute Gasteiger partial charge is 0.277 e. The van der Waals surface area contributed by atoms with Crippen molar-refractivity contribution in [1.29, 1.82) is 0 Å². The molecule has 0 N–H and O–H groups in total. The van der Waals surface area contributed by atoms with Crippen molar-refractivity contribution in [3.63, 3.8) is 0 Å². The molecule has 106 valence electrons. The summed E-state index contributed by atoms with van der Waals surface area (Å²) in [4.78, 5) is 0. The van der Waals surface area contributed by atoms with Crippen LogP contribution < -0.4 is 0 Å². The number of para-hydroxylation sites is 1. The highest BCUT2D eigenvalue weighted by Gasteiger charge is 2.09. The number of nitrogens with zero attached hydrogens (tertiary/aromatic N) is 3. The van der Waals surface area contributed by atoms with Crippen molar-refractivity contribution in [3.8, 4) is 5.69 Å². The minimum Gasteiger partial charge on any atom is -0.277 e. The van der Waals surface area contributed by atoms with E-state index in [1.54, 1.807) is 12.4 Å². The predicted octanol–water partition coefficient (Wildman–Crippen LogP) is 4.46. The number of aromatic nitrogens is 3. The molecule has 0 aliphatic rings. The minimum atomic E-state index is -0.220. The molecule has 0 unspecified atom stereocenters. The Morgan fingerprint density at radius 2 is 1.95 bits per heavy atom. The van der Waals surface area contributed by atoms with Crippen molar-refractivity contribution in [1.82, 2.24) is 14.8 Å². The Hall–Kier alpha value is -1.66. The van der Waals surface area contributed by atoms with Gasteiger partial charge < -0.3 is 0 Å². The Labute approximate surface area is 134 Å².